The first-order valence-electron chi connectivity index (χ1n) is 6.70. The minimum absolute atomic E-state index is 0.0995. The fraction of sp³-hybridized carbons (Fsp3) is 0.571. The van der Waals surface area contributed by atoms with Crippen LogP contribution < -0.4 is 0 Å². The Hall–Kier alpha value is -1.36. The molecule has 1 aliphatic rings. The zero-order valence-corrected chi connectivity index (χ0v) is 11.7. The molecule has 2 heterocycles. The Morgan fingerprint density at radius 1 is 1.47 bits per heavy atom. The lowest BCUT2D eigenvalue weighted by Crippen LogP contribution is -2.42. The molecule has 5 heteroatoms. The Balaban J connectivity index is 1.74. The largest absolute Gasteiger partial charge is 0.481 e. The van der Waals surface area contributed by atoms with Gasteiger partial charge in [0.2, 0.25) is 5.91 Å². The molecule has 0 bridgehead atoms. The van der Waals surface area contributed by atoms with Gasteiger partial charge in [0.1, 0.15) is 0 Å². The van der Waals surface area contributed by atoms with Crippen LogP contribution in [0.25, 0.3) is 0 Å². The van der Waals surface area contributed by atoms with Crippen LogP contribution in [0.4, 0.5) is 0 Å². The van der Waals surface area contributed by atoms with Gasteiger partial charge in [0, 0.05) is 24.4 Å². The van der Waals surface area contributed by atoms with Crippen LogP contribution in [0.15, 0.2) is 17.5 Å². The van der Waals surface area contributed by atoms with E-state index in [0.717, 1.165) is 19.3 Å². The first-order chi connectivity index (χ1) is 9.16. The number of hydrogen-bond donors (Lipinski definition) is 1. The summed E-state index contributed by atoms with van der Waals surface area (Å²) in [5.74, 6) is -1.06. The number of carbonyl (C=O) groups excluding carboxylic acids is 1. The maximum Gasteiger partial charge on any atom is 0.308 e. The van der Waals surface area contributed by atoms with Crippen molar-refractivity contribution in [3.05, 3.63) is 22.4 Å². The molecule has 1 aliphatic heterocycles. The molecule has 1 atom stereocenters. The lowest BCUT2D eigenvalue weighted by Gasteiger charge is -2.30. The zero-order valence-electron chi connectivity index (χ0n) is 10.9. The number of nitrogens with zero attached hydrogens (tertiary/aromatic N) is 1. The number of carbonyl (C=O) groups is 2. The number of carboxylic acid groups (broad SMARTS) is 1. The second-order valence-electron chi connectivity index (χ2n) is 4.95. The Morgan fingerprint density at radius 2 is 2.32 bits per heavy atom. The van der Waals surface area contributed by atoms with Gasteiger partial charge in [-0.25, -0.2) is 0 Å². The first-order valence-corrected chi connectivity index (χ1v) is 7.58. The predicted molar refractivity (Wildman–Crippen MR) is 74.2 cm³/mol. The summed E-state index contributed by atoms with van der Waals surface area (Å²) >= 11 is 1.71. The van der Waals surface area contributed by atoms with Crippen LogP contribution in [0.1, 0.15) is 30.6 Å². The van der Waals surface area contributed by atoms with Gasteiger partial charge in [-0.3, -0.25) is 9.59 Å². The van der Waals surface area contributed by atoms with E-state index in [2.05, 4.69) is 6.07 Å². The van der Waals surface area contributed by atoms with Gasteiger partial charge in [0.25, 0.3) is 0 Å². The van der Waals surface area contributed by atoms with Gasteiger partial charge in [-0.15, -0.1) is 11.3 Å². The highest BCUT2D eigenvalue weighted by Crippen LogP contribution is 2.18. The van der Waals surface area contributed by atoms with Crippen molar-refractivity contribution in [2.45, 2.75) is 32.1 Å². The quantitative estimate of drug-likeness (QED) is 0.901. The summed E-state index contributed by atoms with van der Waals surface area (Å²) < 4.78 is 0. The second-order valence-corrected chi connectivity index (χ2v) is 5.98. The van der Waals surface area contributed by atoms with Crippen molar-refractivity contribution in [1.29, 1.82) is 0 Å². The molecule has 1 fully saturated rings. The van der Waals surface area contributed by atoms with Gasteiger partial charge in [0.15, 0.2) is 0 Å². The van der Waals surface area contributed by atoms with Gasteiger partial charge >= 0.3 is 5.97 Å². The van der Waals surface area contributed by atoms with Crippen LogP contribution >= 0.6 is 11.3 Å². The zero-order chi connectivity index (χ0) is 13.7. The molecule has 0 spiro atoms. The third-order valence-corrected chi connectivity index (χ3v) is 4.45. The number of aryl methyl sites for hydroxylation is 1. The van der Waals surface area contributed by atoms with Crippen LogP contribution in [0.2, 0.25) is 0 Å². The standard InChI is InChI=1S/C14H19NO3S/c16-13(7-1-5-12-6-3-9-19-12)15-8-2-4-11(10-15)14(17)18/h3,6,9,11H,1-2,4-5,7-8,10H2,(H,17,18)/t11-/m0/s1. The molecule has 1 N–H and O–H groups in total. The Kier molecular flexibility index (Phi) is 4.96. The average Bonchev–Trinajstić information content (AvgIpc) is 2.92. The van der Waals surface area contributed by atoms with E-state index in [9.17, 15) is 9.59 Å². The van der Waals surface area contributed by atoms with E-state index >= 15 is 0 Å². The molecule has 1 amide bonds. The van der Waals surface area contributed by atoms with E-state index in [1.165, 1.54) is 4.88 Å². The maximum atomic E-state index is 12.0. The highest BCUT2D eigenvalue weighted by Gasteiger charge is 2.27. The molecule has 104 valence electrons. The normalized spacial score (nSPS) is 19.4. The third-order valence-electron chi connectivity index (χ3n) is 3.52. The smallest absolute Gasteiger partial charge is 0.308 e. The summed E-state index contributed by atoms with van der Waals surface area (Å²) in [7, 11) is 0. The molecule has 1 saturated heterocycles. The van der Waals surface area contributed by atoms with Crippen LogP contribution in [0.3, 0.4) is 0 Å². The fourth-order valence-electron chi connectivity index (χ4n) is 2.43. The lowest BCUT2D eigenvalue weighted by atomic mass is 9.98. The minimum atomic E-state index is -0.781. The molecule has 2 rings (SSSR count). The van der Waals surface area contributed by atoms with E-state index in [-0.39, 0.29) is 11.8 Å². The van der Waals surface area contributed by atoms with Crippen molar-refractivity contribution in [2.75, 3.05) is 13.1 Å². The molecule has 1 aromatic rings. The molecule has 0 saturated carbocycles. The first kappa shape index (κ1) is 14.1. The predicted octanol–water partition coefficient (Wildman–Crippen LogP) is 2.39. The molecule has 4 nitrogen and oxygen atoms in total. The van der Waals surface area contributed by atoms with Crippen molar-refractivity contribution < 1.29 is 14.7 Å². The van der Waals surface area contributed by atoms with Crippen molar-refractivity contribution in [3.63, 3.8) is 0 Å². The van der Waals surface area contributed by atoms with Gasteiger partial charge in [-0.05, 0) is 37.1 Å². The molecular weight excluding hydrogens is 262 g/mol. The molecular formula is C14H19NO3S. The van der Waals surface area contributed by atoms with Crippen LogP contribution in [0, 0.1) is 5.92 Å². The highest BCUT2D eigenvalue weighted by molar-refractivity contribution is 7.09. The van der Waals surface area contributed by atoms with Crippen LogP contribution in [-0.2, 0) is 16.0 Å². The Labute approximate surface area is 117 Å². The summed E-state index contributed by atoms with van der Waals surface area (Å²) in [6.45, 7) is 1.09. The average molecular weight is 281 g/mol. The molecule has 0 aromatic carbocycles. The fourth-order valence-corrected chi connectivity index (χ4v) is 3.18. The number of amides is 1. The lowest BCUT2D eigenvalue weighted by molar-refractivity contribution is -0.145. The topological polar surface area (TPSA) is 57.6 Å². The Morgan fingerprint density at radius 3 is 3.00 bits per heavy atom. The number of carboxylic acids is 1. The highest BCUT2D eigenvalue weighted by atomic mass is 32.1. The minimum Gasteiger partial charge on any atom is -0.481 e. The second kappa shape index (κ2) is 6.70. The number of rotatable bonds is 5. The van der Waals surface area contributed by atoms with E-state index in [0.29, 0.717) is 25.9 Å². The molecule has 0 unspecified atom stereocenters. The van der Waals surface area contributed by atoms with Crippen LogP contribution in [0.5, 0.6) is 0 Å². The van der Waals surface area contributed by atoms with Gasteiger partial charge in [-0.2, -0.15) is 0 Å². The van der Waals surface area contributed by atoms with Gasteiger partial charge in [0.05, 0.1) is 5.92 Å². The molecule has 1 aromatic heterocycles. The van der Waals surface area contributed by atoms with Crippen molar-refractivity contribution >= 4 is 23.2 Å². The van der Waals surface area contributed by atoms with Crippen molar-refractivity contribution in [2.24, 2.45) is 5.92 Å². The summed E-state index contributed by atoms with van der Waals surface area (Å²) in [6.07, 6.45) is 3.78. The van der Waals surface area contributed by atoms with E-state index in [1.807, 2.05) is 11.4 Å². The van der Waals surface area contributed by atoms with Crippen molar-refractivity contribution in [3.8, 4) is 0 Å². The molecule has 19 heavy (non-hydrogen) atoms. The monoisotopic (exact) mass is 281 g/mol. The molecule has 0 aliphatic carbocycles. The van der Waals surface area contributed by atoms with E-state index < -0.39 is 5.97 Å². The maximum absolute atomic E-state index is 12.0. The van der Waals surface area contributed by atoms with Gasteiger partial charge in [-0.1, -0.05) is 6.07 Å². The van der Waals surface area contributed by atoms with E-state index in [1.54, 1.807) is 16.2 Å². The number of piperidine rings is 1. The van der Waals surface area contributed by atoms with Crippen LogP contribution in [-0.4, -0.2) is 35.0 Å². The summed E-state index contributed by atoms with van der Waals surface area (Å²) in [5, 5.41) is 11.0. The number of aliphatic carboxylic acids is 1. The number of thiophene rings is 1. The summed E-state index contributed by atoms with van der Waals surface area (Å²) in [6, 6.07) is 4.10. The Bertz CT molecular complexity index is 430. The SMILES string of the molecule is O=C(O)[C@H]1CCCN(C(=O)CCCc2cccs2)C1. The van der Waals surface area contributed by atoms with E-state index in [4.69, 9.17) is 5.11 Å². The third kappa shape index (κ3) is 4.06. The summed E-state index contributed by atoms with van der Waals surface area (Å²) in [5.41, 5.74) is 0. The van der Waals surface area contributed by atoms with Gasteiger partial charge < -0.3 is 10.0 Å². The number of hydrogen-bond acceptors (Lipinski definition) is 3. The summed E-state index contributed by atoms with van der Waals surface area (Å²) in [4.78, 5) is 26.0. The number of likely N-dealkylation sites (tertiary alicyclic amines) is 1. The molecule has 0 radical (unpaired) electrons. The van der Waals surface area contributed by atoms with Crippen molar-refractivity contribution in [1.82, 2.24) is 4.90 Å².